The molecule has 13 nitrogen and oxygen atoms in total. The SMILES string of the molecule is Cc1[nH]c2c(OC(=O)N(C)CC(N)=O)cc3c(c2c1C(=O)O)[C@H](CCl)CN3C(=O)c1cc2cc(OCCN(C)C)ccc2o1. The summed E-state index contributed by atoms with van der Waals surface area (Å²) in [5.74, 6) is -2.14. The van der Waals surface area contributed by atoms with Crippen molar-refractivity contribution >= 4 is 63.0 Å². The molecular formula is C30H32ClN5O8. The number of primary amides is 1. The summed E-state index contributed by atoms with van der Waals surface area (Å²) in [7, 11) is 5.23. The molecule has 0 bridgehead atoms. The van der Waals surface area contributed by atoms with Crippen molar-refractivity contribution in [2.45, 2.75) is 12.8 Å². The maximum absolute atomic E-state index is 14.0. The van der Waals surface area contributed by atoms with Crippen molar-refractivity contribution in [3.05, 3.63) is 52.9 Å². The number of hydrogen-bond acceptors (Lipinski definition) is 8. The van der Waals surface area contributed by atoms with E-state index in [4.69, 9.17) is 31.2 Å². The van der Waals surface area contributed by atoms with Gasteiger partial charge in [0.1, 0.15) is 24.5 Å². The highest BCUT2D eigenvalue weighted by Crippen LogP contribution is 2.48. The third kappa shape index (κ3) is 5.75. The Labute approximate surface area is 257 Å². The number of furan rings is 1. The predicted octanol–water partition coefficient (Wildman–Crippen LogP) is 3.76. The van der Waals surface area contributed by atoms with Crippen molar-refractivity contribution in [1.29, 1.82) is 0 Å². The van der Waals surface area contributed by atoms with Crippen LogP contribution >= 0.6 is 11.6 Å². The number of nitrogens with one attached hydrogen (secondary N) is 1. The van der Waals surface area contributed by atoms with Gasteiger partial charge in [-0.2, -0.15) is 0 Å². The molecule has 1 aliphatic rings. The molecule has 5 rings (SSSR count). The number of benzene rings is 2. The summed E-state index contributed by atoms with van der Waals surface area (Å²) in [6.45, 7) is 2.54. The molecule has 2 aromatic carbocycles. The Morgan fingerprint density at radius 1 is 1.18 bits per heavy atom. The van der Waals surface area contributed by atoms with Crippen LogP contribution in [0.3, 0.4) is 0 Å². The lowest BCUT2D eigenvalue weighted by Gasteiger charge is -2.19. The van der Waals surface area contributed by atoms with Gasteiger partial charge < -0.3 is 44.4 Å². The second kappa shape index (κ2) is 12.1. The summed E-state index contributed by atoms with van der Waals surface area (Å²) in [4.78, 5) is 58.0. The number of aromatic carboxylic acids is 1. The summed E-state index contributed by atoms with van der Waals surface area (Å²) < 4.78 is 17.3. The van der Waals surface area contributed by atoms with E-state index in [0.29, 0.717) is 40.3 Å². The van der Waals surface area contributed by atoms with E-state index in [-0.39, 0.29) is 40.4 Å². The molecule has 0 aliphatic carbocycles. The van der Waals surface area contributed by atoms with Crippen LogP contribution in [0.1, 0.15) is 38.1 Å². The number of nitrogens with zero attached hydrogens (tertiary/aromatic N) is 3. The molecule has 2 aromatic heterocycles. The maximum atomic E-state index is 14.0. The molecule has 0 saturated carbocycles. The van der Waals surface area contributed by atoms with Crippen molar-refractivity contribution in [2.75, 3.05) is 58.2 Å². The number of likely N-dealkylation sites (N-methyl/N-ethyl adjacent to an activating group) is 2. The third-order valence-corrected chi connectivity index (χ3v) is 7.77. The largest absolute Gasteiger partial charge is 0.492 e. The zero-order valence-electron chi connectivity index (χ0n) is 24.6. The summed E-state index contributed by atoms with van der Waals surface area (Å²) in [5.41, 5.74) is 7.09. The minimum atomic E-state index is -1.20. The van der Waals surface area contributed by atoms with Gasteiger partial charge in [0.25, 0.3) is 5.91 Å². The number of amides is 3. The number of halogens is 1. The second-order valence-electron chi connectivity index (χ2n) is 10.9. The predicted molar refractivity (Wildman–Crippen MR) is 163 cm³/mol. The van der Waals surface area contributed by atoms with Crippen LogP contribution in [0.15, 0.2) is 34.7 Å². The number of carbonyl (C=O) groups excluding carboxylic acids is 3. The quantitative estimate of drug-likeness (QED) is 0.222. The number of nitrogens with two attached hydrogens (primary N) is 1. The zero-order valence-corrected chi connectivity index (χ0v) is 25.4. The first-order valence-corrected chi connectivity index (χ1v) is 14.3. The van der Waals surface area contributed by atoms with E-state index in [1.54, 1.807) is 31.2 Å². The molecule has 1 atom stereocenters. The fourth-order valence-corrected chi connectivity index (χ4v) is 5.61. The monoisotopic (exact) mass is 625 g/mol. The van der Waals surface area contributed by atoms with Gasteiger partial charge in [-0.25, -0.2) is 9.59 Å². The maximum Gasteiger partial charge on any atom is 0.415 e. The first-order chi connectivity index (χ1) is 20.9. The number of carboxylic acid groups (broad SMARTS) is 1. The lowest BCUT2D eigenvalue weighted by atomic mass is 9.95. The van der Waals surface area contributed by atoms with Crippen LogP contribution in [0.2, 0.25) is 0 Å². The lowest BCUT2D eigenvalue weighted by Crippen LogP contribution is -2.37. The number of H-pyrrole nitrogens is 1. The van der Waals surface area contributed by atoms with Crippen LogP contribution in [0.5, 0.6) is 11.5 Å². The number of aryl methyl sites for hydroxylation is 1. The minimum Gasteiger partial charge on any atom is -0.492 e. The van der Waals surface area contributed by atoms with Gasteiger partial charge in [0, 0.05) is 54.5 Å². The van der Waals surface area contributed by atoms with Crippen molar-refractivity contribution in [3.8, 4) is 11.5 Å². The first-order valence-electron chi connectivity index (χ1n) is 13.7. The van der Waals surface area contributed by atoms with E-state index in [1.807, 2.05) is 19.0 Å². The van der Waals surface area contributed by atoms with E-state index in [9.17, 15) is 24.3 Å². The molecule has 1 aliphatic heterocycles. The standard InChI is InChI=1S/C30H32ClN5O8/c1-15-24(29(39)40)26-25-17(12-31)13-36(19(25)11-21(27(26)33-15)44-30(41)35(4)14-23(32)37)28(38)22-10-16-9-18(5-6-20(16)43-22)42-8-7-34(2)3/h5-6,9-11,17,33H,7-8,12-14H2,1-4H3,(H2,32,37)(H,39,40)/t17-/m1/s1. The number of anilines is 1. The molecule has 0 fully saturated rings. The Morgan fingerprint density at radius 2 is 1.93 bits per heavy atom. The van der Waals surface area contributed by atoms with Crippen LogP contribution in [0, 0.1) is 6.92 Å². The number of rotatable bonds is 10. The molecule has 3 amide bonds. The Hall–Kier alpha value is -4.75. The highest BCUT2D eigenvalue weighted by molar-refractivity contribution is 6.20. The van der Waals surface area contributed by atoms with Crippen molar-refractivity contribution in [2.24, 2.45) is 5.73 Å². The molecule has 4 N–H and O–H groups in total. The fourth-order valence-electron chi connectivity index (χ4n) is 5.36. The number of aromatic amines is 1. The number of ether oxygens (including phenoxy) is 2. The average Bonchev–Trinajstić information content (AvgIpc) is 3.64. The van der Waals surface area contributed by atoms with Gasteiger partial charge in [0.05, 0.1) is 16.8 Å². The van der Waals surface area contributed by atoms with E-state index in [1.165, 1.54) is 18.0 Å². The molecule has 0 radical (unpaired) electrons. The van der Waals surface area contributed by atoms with Gasteiger partial charge >= 0.3 is 12.1 Å². The fraction of sp³-hybridized carbons (Fsp3) is 0.333. The third-order valence-electron chi connectivity index (χ3n) is 7.40. The molecular weight excluding hydrogens is 594 g/mol. The van der Waals surface area contributed by atoms with Gasteiger partial charge in [0.2, 0.25) is 5.91 Å². The highest BCUT2D eigenvalue weighted by atomic mass is 35.5. The molecule has 44 heavy (non-hydrogen) atoms. The smallest absolute Gasteiger partial charge is 0.415 e. The number of carbonyl (C=O) groups is 4. The number of carboxylic acids is 1. The van der Waals surface area contributed by atoms with E-state index in [0.717, 1.165) is 11.4 Å². The highest BCUT2D eigenvalue weighted by Gasteiger charge is 2.39. The Kier molecular flexibility index (Phi) is 8.44. The second-order valence-corrected chi connectivity index (χ2v) is 11.2. The normalized spacial score (nSPS) is 14.3. The van der Waals surface area contributed by atoms with Crippen LogP contribution in [-0.4, -0.2) is 97.0 Å². The summed E-state index contributed by atoms with van der Waals surface area (Å²) in [6, 6.07) is 8.38. The molecule has 0 spiro atoms. The Bertz CT molecular complexity index is 1800. The average molecular weight is 626 g/mol. The van der Waals surface area contributed by atoms with E-state index in [2.05, 4.69) is 4.98 Å². The van der Waals surface area contributed by atoms with Gasteiger partial charge in [-0.3, -0.25) is 9.59 Å². The Balaban J connectivity index is 1.57. The van der Waals surface area contributed by atoms with Crippen molar-refractivity contribution in [3.63, 3.8) is 0 Å². The van der Waals surface area contributed by atoms with Crippen LogP contribution in [0.25, 0.3) is 21.9 Å². The van der Waals surface area contributed by atoms with E-state index < -0.39 is 36.3 Å². The van der Waals surface area contributed by atoms with E-state index >= 15 is 0 Å². The van der Waals surface area contributed by atoms with Crippen molar-refractivity contribution in [1.82, 2.24) is 14.8 Å². The van der Waals surface area contributed by atoms with Crippen LogP contribution in [-0.2, 0) is 4.79 Å². The summed E-state index contributed by atoms with van der Waals surface area (Å²) in [6.07, 6.45) is -0.903. The number of alkyl halides is 1. The van der Waals surface area contributed by atoms with Crippen LogP contribution < -0.4 is 20.1 Å². The molecule has 0 saturated heterocycles. The number of fused-ring (bicyclic) bond motifs is 4. The van der Waals surface area contributed by atoms with Gasteiger partial charge in [-0.1, -0.05) is 0 Å². The first kappa shape index (κ1) is 30.7. The van der Waals surface area contributed by atoms with Crippen molar-refractivity contribution < 1.29 is 38.2 Å². The molecule has 3 heterocycles. The van der Waals surface area contributed by atoms with Crippen LogP contribution in [0.4, 0.5) is 10.5 Å². The molecule has 232 valence electrons. The molecule has 0 unspecified atom stereocenters. The molecule has 4 aromatic rings. The topological polar surface area (TPSA) is 172 Å². The molecule has 14 heteroatoms. The summed E-state index contributed by atoms with van der Waals surface area (Å²) in [5, 5.41) is 11.1. The number of hydrogen-bond donors (Lipinski definition) is 3. The van der Waals surface area contributed by atoms with Gasteiger partial charge in [-0.15, -0.1) is 11.6 Å². The number of aromatic nitrogens is 1. The van der Waals surface area contributed by atoms with Gasteiger partial charge in [0.15, 0.2) is 11.5 Å². The summed E-state index contributed by atoms with van der Waals surface area (Å²) >= 11 is 6.38. The Morgan fingerprint density at radius 3 is 2.59 bits per heavy atom. The van der Waals surface area contributed by atoms with Gasteiger partial charge in [-0.05, 0) is 50.8 Å². The minimum absolute atomic E-state index is 0.0328. The lowest BCUT2D eigenvalue weighted by molar-refractivity contribution is -0.118. The zero-order chi connectivity index (χ0) is 31.9.